The van der Waals surface area contributed by atoms with Crippen molar-refractivity contribution in [1.82, 2.24) is 10.2 Å². The van der Waals surface area contributed by atoms with Gasteiger partial charge in [0.25, 0.3) is 5.91 Å². The molecule has 186 valence electrons. The lowest BCUT2D eigenvalue weighted by Gasteiger charge is -2.18. The number of amides is 1. The first-order valence-corrected chi connectivity index (χ1v) is 11.7. The van der Waals surface area contributed by atoms with Gasteiger partial charge in [-0.2, -0.15) is 0 Å². The third kappa shape index (κ3) is 5.43. The normalized spacial score (nSPS) is 18.1. The third-order valence-corrected chi connectivity index (χ3v) is 6.25. The van der Waals surface area contributed by atoms with Gasteiger partial charge in [0.15, 0.2) is 17.3 Å². The van der Waals surface area contributed by atoms with Gasteiger partial charge in [0, 0.05) is 30.4 Å². The molecule has 1 aromatic carbocycles. The molecule has 0 bridgehead atoms. The fourth-order valence-corrected chi connectivity index (χ4v) is 4.37. The van der Waals surface area contributed by atoms with Crippen LogP contribution in [0.3, 0.4) is 0 Å². The highest BCUT2D eigenvalue weighted by atomic mass is 16.7. The molecule has 1 amide bonds. The average molecular weight is 480 g/mol. The van der Waals surface area contributed by atoms with Crippen LogP contribution in [0.2, 0.25) is 0 Å². The molecule has 2 heterocycles. The number of carbonyl (C=O) groups excluding carboxylic acids is 1. The fourth-order valence-electron chi connectivity index (χ4n) is 4.37. The summed E-state index contributed by atoms with van der Waals surface area (Å²) in [4.78, 5) is 20.1. The van der Waals surface area contributed by atoms with Crippen LogP contribution in [0.15, 0.2) is 51.8 Å². The zero-order chi connectivity index (χ0) is 24.9. The summed E-state index contributed by atoms with van der Waals surface area (Å²) in [7, 11) is 7.21. The van der Waals surface area contributed by atoms with Crippen LogP contribution in [0.1, 0.15) is 39.5 Å². The van der Waals surface area contributed by atoms with Crippen molar-refractivity contribution in [2.75, 3.05) is 54.7 Å². The molecule has 0 fully saturated rings. The van der Waals surface area contributed by atoms with Crippen molar-refractivity contribution in [3.63, 3.8) is 0 Å². The van der Waals surface area contributed by atoms with Crippen molar-refractivity contribution in [2.45, 2.75) is 19.8 Å². The smallest absolute Gasteiger partial charge is 0.251 e. The molecule has 8 nitrogen and oxygen atoms in total. The van der Waals surface area contributed by atoms with E-state index in [4.69, 9.17) is 23.9 Å². The Bertz CT molecular complexity index is 1160. The number of allylic oxidation sites excluding steroid dienone is 3. The van der Waals surface area contributed by atoms with E-state index in [1.165, 1.54) is 0 Å². The van der Waals surface area contributed by atoms with Crippen LogP contribution in [0.25, 0.3) is 6.08 Å². The van der Waals surface area contributed by atoms with Crippen LogP contribution >= 0.6 is 0 Å². The summed E-state index contributed by atoms with van der Waals surface area (Å²) in [6.07, 6.45) is 8.99. The Labute approximate surface area is 206 Å². The number of likely N-dealkylation sites (N-methyl/N-ethyl adjacent to an activating group) is 1. The lowest BCUT2D eigenvalue weighted by atomic mass is 9.88. The molecular formula is C27H33N3O5. The molecule has 4 rings (SSSR count). The Morgan fingerprint density at radius 3 is 2.69 bits per heavy atom. The number of hydrogen-bond acceptors (Lipinski definition) is 7. The van der Waals surface area contributed by atoms with E-state index in [0.717, 1.165) is 45.9 Å². The van der Waals surface area contributed by atoms with Gasteiger partial charge in [-0.15, -0.1) is 0 Å². The number of methoxy groups -OCH3 is 2. The maximum Gasteiger partial charge on any atom is 0.251 e. The largest absolute Gasteiger partial charge is 0.493 e. The van der Waals surface area contributed by atoms with Crippen LogP contribution in [0, 0.1) is 0 Å². The molecule has 0 saturated heterocycles. The maximum absolute atomic E-state index is 13.4. The molecule has 35 heavy (non-hydrogen) atoms. The molecule has 1 aromatic rings. The fraction of sp³-hybridized carbons (Fsp3) is 0.407. The molecule has 0 atom stereocenters. The van der Waals surface area contributed by atoms with E-state index in [1.807, 2.05) is 56.4 Å². The standard InChI is InChI=1S/C27H33N3O5/c1-17-25(35-16-34-17)11-18-10-19-12-22(27(31)29-8-9-30(2)3)20-6-7-24(32-4)26(33-5)13-21(20)23(19)15-28-14-18/h7,11-13,15H,6,8-10,14,16H2,1-5H3,(H,29,31)/b18-11-. The van der Waals surface area contributed by atoms with Crippen molar-refractivity contribution >= 4 is 18.2 Å². The van der Waals surface area contributed by atoms with E-state index >= 15 is 0 Å². The Morgan fingerprint density at radius 2 is 2.00 bits per heavy atom. The Kier molecular flexibility index (Phi) is 7.60. The Balaban J connectivity index is 1.81. The number of rotatable bonds is 7. The number of ether oxygens (including phenoxy) is 4. The summed E-state index contributed by atoms with van der Waals surface area (Å²) in [5.74, 6) is 2.66. The van der Waals surface area contributed by atoms with Crippen LogP contribution in [0.5, 0.6) is 0 Å². The highest BCUT2D eigenvalue weighted by molar-refractivity contribution is 6.00. The van der Waals surface area contributed by atoms with Crippen molar-refractivity contribution in [2.24, 2.45) is 4.99 Å². The summed E-state index contributed by atoms with van der Waals surface area (Å²) >= 11 is 0. The van der Waals surface area contributed by atoms with Gasteiger partial charge < -0.3 is 29.2 Å². The monoisotopic (exact) mass is 479 g/mol. The van der Waals surface area contributed by atoms with Gasteiger partial charge in [-0.25, -0.2) is 0 Å². The predicted molar refractivity (Wildman–Crippen MR) is 135 cm³/mol. The van der Waals surface area contributed by atoms with E-state index in [1.54, 1.807) is 14.2 Å². The van der Waals surface area contributed by atoms with Crippen LogP contribution in [-0.4, -0.2) is 71.8 Å². The Hall–Kier alpha value is -3.52. The molecule has 0 spiro atoms. The molecule has 1 aliphatic carbocycles. The minimum atomic E-state index is -0.0923. The van der Waals surface area contributed by atoms with Gasteiger partial charge in [-0.3, -0.25) is 9.79 Å². The summed E-state index contributed by atoms with van der Waals surface area (Å²) in [5, 5.41) is 3.07. The topological polar surface area (TPSA) is 81.6 Å². The number of nitrogens with one attached hydrogen (secondary N) is 1. The first-order chi connectivity index (χ1) is 16.9. The average Bonchev–Trinajstić information content (AvgIpc) is 3.02. The van der Waals surface area contributed by atoms with E-state index in [2.05, 4.69) is 5.32 Å². The zero-order valence-corrected chi connectivity index (χ0v) is 21.1. The van der Waals surface area contributed by atoms with Crippen molar-refractivity contribution < 1.29 is 23.7 Å². The number of nitrogens with zero attached hydrogens (tertiary/aromatic N) is 2. The number of aliphatic imine (C=N–C) groups is 1. The second-order valence-corrected chi connectivity index (χ2v) is 8.91. The summed E-state index contributed by atoms with van der Waals surface area (Å²) in [5.41, 5.74) is 5.61. The van der Waals surface area contributed by atoms with E-state index in [9.17, 15) is 4.79 Å². The first-order valence-electron chi connectivity index (χ1n) is 11.7. The predicted octanol–water partition coefficient (Wildman–Crippen LogP) is 3.19. The number of hydrogen-bond donors (Lipinski definition) is 1. The first kappa shape index (κ1) is 24.6. The second kappa shape index (κ2) is 10.8. The van der Waals surface area contributed by atoms with E-state index in [-0.39, 0.29) is 12.7 Å². The van der Waals surface area contributed by atoms with Gasteiger partial charge in [0.05, 0.1) is 20.8 Å². The van der Waals surface area contributed by atoms with Crippen molar-refractivity contribution in [1.29, 1.82) is 0 Å². The molecule has 0 unspecified atom stereocenters. The molecule has 0 radical (unpaired) electrons. The minimum absolute atomic E-state index is 0.0923. The molecule has 3 aliphatic rings. The molecule has 8 heteroatoms. The van der Waals surface area contributed by atoms with Gasteiger partial charge in [-0.1, -0.05) is 0 Å². The molecule has 0 saturated carbocycles. The maximum atomic E-state index is 13.4. The van der Waals surface area contributed by atoms with E-state index in [0.29, 0.717) is 43.0 Å². The molecular weight excluding hydrogens is 446 g/mol. The second-order valence-electron chi connectivity index (χ2n) is 8.91. The molecule has 2 aliphatic heterocycles. The van der Waals surface area contributed by atoms with Crippen molar-refractivity contribution in [3.05, 3.63) is 74.6 Å². The van der Waals surface area contributed by atoms with Crippen LogP contribution in [0.4, 0.5) is 0 Å². The lowest BCUT2D eigenvalue weighted by molar-refractivity contribution is 0.0749. The van der Waals surface area contributed by atoms with Crippen molar-refractivity contribution in [3.8, 4) is 0 Å². The number of benzene rings is 1. The molecule has 0 aromatic heterocycles. The van der Waals surface area contributed by atoms with Gasteiger partial charge in [0.2, 0.25) is 6.79 Å². The van der Waals surface area contributed by atoms with Gasteiger partial charge in [-0.05, 0) is 80.4 Å². The number of carbonyl (C=O) groups is 1. The Morgan fingerprint density at radius 1 is 1.20 bits per heavy atom. The van der Waals surface area contributed by atoms with Crippen LogP contribution < -0.4 is 5.32 Å². The van der Waals surface area contributed by atoms with Crippen LogP contribution in [-0.2, 0) is 31.8 Å². The van der Waals surface area contributed by atoms with Gasteiger partial charge in [0.1, 0.15) is 5.76 Å². The highest BCUT2D eigenvalue weighted by Crippen LogP contribution is 2.33. The SMILES string of the molecule is COC1=CCc2c(C(=O)NCCN(C)C)cc3c(c2C=C1OC)C=NC/C(=C\C1=C(C)OCO1)C3. The summed E-state index contributed by atoms with van der Waals surface area (Å²) in [6.45, 7) is 3.98. The summed E-state index contributed by atoms with van der Waals surface area (Å²) in [6, 6.07) is 2.00. The minimum Gasteiger partial charge on any atom is -0.493 e. The third-order valence-electron chi connectivity index (χ3n) is 6.25. The lowest BCUT2D eigenvalue weighted by Crippen LogP contribution is -2.32. The van der Waals surface area contributed by atoms with Gasteiger partial charge >= 0.3 is 0 Å². The zero-order valence-electron chi connectivity index (χ0n) is 21.1. The number of fused-ring (bicyclic) bond motifs is 3. The highest BCUT2D eigenvalue weighted by Gasteiger charge is 2.25. The summed E-state index contributed by atoms with van der Waals surface area (Å²) < 4.78 is 22.2. The van der Waals surface area contributed by atoms with E-state index < -0.39 is 0 Å². The quantitative estimate of drug-likeness (QED) is 0.647. The molecule has 1 N–H and O–H groups in total.